The molecule has 0 aromatic carbocycles. The Morgan fingerprint density at radius 1 is 1.45 bits per heavy atom. The maximum absolute atomic E-state index is 11.7. The van der Waals surface area contributed by atoms with Gasteiger partial charge in [-0.05, 0) is 19.3 Å². The molecule has 1 fully saturated rings. The largest absolute Gasteiger partial charge is 0.481 e. The fourth-order valence-electron chi connectivity index (χ4n) is 2.51. The molecule has 2 amide bonds. The quantitative estimate of drug-likeness (QED) is 0.642. The lowest BCUT2D eigenvalue weighted by atomic mass is 9.86. The number of nitrogens with zero attached hydrogens (tertiary/aromatic N) is 1. The smallest absolute Gasteiger partial charge is 0.315 e. The average molecular weight is 280 g/mol. The van der Waals surface area contributed by atoms with Gasteiger partial charge in [-0.15, -0.1) is 0 Å². The van der Waals surface area contributed by atoms with Gasteiger partial charge in [0.1, 0.15) is 5.82 Å². The number of aromatic amines is 1. The lowest BCUT2D eigenvalue weighted by molar-refractivity contribution is -0.143. The highest BCUT2D eigenvalue weighted by Gasteiger charge is 2.27. The number of imidazole rings is 1. The molecule has 110 valence electrons. The van der Waals surface area contributed by atoms with E-state index >= 15 is 0 Å². The summed E-state index contributed by atoms with van der Waals surface area (Å²) in [6.07, 6.45) is 6.95. The molecule has 1 saturated carbocycles. The molecule has 0 radical (unpaired) electrons. The van der Waals surface area contributed by atoms with Crippen LogP contribution in [0.4, 0.5) is 4.79 Å². The lowest BCUT2D eigenvalue weighted by Gasteiger charge is -2.27. The van der Waals surface area contributed by atoms with Gasteiger partial charge in [-0.25, -0.2) is 9.78 Å². The van der Waals surface area contributed by atoms with Crippen molar-refractivity contribution in [2.45, 2.75) is 38.1 Å². The highest BCUT2D eigenvalue weighted by atomic mass is 16.4. The van der Waals surface area contributed by atoms with E-state index in [-0.39, 0.29) is 18.0 Å². The second-order valence-electron chi connectivity index (χ2n) is 5.08. The molecular formula is C13H20N4O3. The zero-order valence-corrected chi connectivity index (χ0v) is 11.3. The first-order chi connectivity index (χ1) is 9.65. The van der Waals surface area contributed by atoms with Gasteiger partial charge in [-0.1, -0.05) is 6.42 Å². The van der Waals surface area contributed by atoms with Crippen molar-refractivity contribution in [2.24, 2.45) is 5.92 Å². The standard InChI is InChI=1S/C13H20N4O3/c18-12(19)9-2-1-3-10(8-9)17-13(20)16-5-4-11-14-6-7-15-11/h6-7,9-10H,1-5,8H2,(H,14,15)(H,18,19)(H2,16,17,20). The van der Waals surface area contributed by atoms with Crippen molar-refractivity contribution in [1.29, 1.82) is 0 Å². The minimum absolute atomic E-state index is 0.0477. The fraction of sp³-hybridized carbons (Fsp3) is 0.615. The summed E-state index contributed by atoms with van der Waals surface area (Å²) >= 11 is 0. The number of nitrogens with one attached hydrogen (secondary N) is 3. The molecular weight excluding hydrogens is 260 g/mol. The molecule has 2 atom stereocenters. The summed E-state index contributed by atoms with van der Waals surface area (Å²) in [7, 11) is 0. The minimum atomic E-state index is -0.769. The Balaban J connectivity index is 1.67. The van der Waals surface area contributed by atoms with Crippen LogP contribution in [-0.4, -0.2) is 39.7 Å². The monoisotopic (exact) mass is 280 g/mol. The molecule has 7 nitrogen and oxygen atoms in total. The third-order valence-corrected chi connectivity index (χ3v) is 3.56. The highest BCUT2D eigenvalue weighted by molar-refractivity contribution is 5.74. The van der Waals surface area contributed by atoms with Gasteiger partial charge in [-0.3, -0.25) is 4.79 Å². The van der Waals surface area contributed by atoms with Crippen molar-refractivity contribution in [3.05, 3.63) is 18.2 Å². The van der Waals surface area contributed by atoms with Crippen LogP contribution < -0.4 is 10.6 Å². The Kier molecular flexibility index (Phi) is 4.97. The Morgan fingerprint density at radius 2 is 2.30 bits per heavy atom. The van der Waals surface area contributed by atoms with E-state index in [0.29, 0.717) is 25.8 Å². The number of carbonyl (C=O) groups excluding carboxylic acids is 1. The maximum atomic E-state index is 11.7. The first-order valence-corrected chi connectivity index (χ1v) is 6.90. The van der Waals surface area contributed by atoms with Crippen molar-refractivity contribution >= 4 is 12.0 Å². The van der Waals surface area contributed by atoms with E-state index in [1.807, 2.05) is 0 Å². The van der Waals surface area contributed by atoms with Crippen LogP contribution in [0.1, 0.15) is 31.5 Å². The summed E-state index contributed by atoms with van der Waals surface area (Å²) in [6.45, 7) is 0.494. The summed E-state index contributed by atoms with van der Waals surface area (Å²) in [5, 5.41) is 14.6. The van der Waals surface area contributed by atoms with E-state index in [9.17, 15) is 9.59 Å². The van der Waals surface area contributed by atoms with E-state index in [4.69, 9.17) is 5.11 Å². The van der Waals surface area contributed by atoms with Crippen molar-refractivity contribution in [3.8, 4) is 0 Å². The summed E-state index contributed by atoms with van der Waals surface area (Å²) < 4.78 is 0. The van der Waals surface area contributed by atoms with Crippen LogP contribution >= 0.6 is 0 Å². The average Bonchev–Trinajstić information content (AvgIpc) is 2.92. The van der Waals surface area contributed by atoms with Crippen LogP contribution in [0.2, 0.25) is 0 Å². The van der Waals surface area contributed by atoms with Crippen LogP contribution in [0.3, 0.4) is 0 Å². The van der Waals surface area contributed by atoms with Gasteiger partial charge in [-0.2, -0.15) is 0 Å². The van der Waals surface area contributed by atoms with Gasteiger partial charge < -0.3 is 20.7 Å². The lowest BCUT2D eigenvalue weighted by Crippen LogP contribution is -2.45. The topological polar surface area (TPSA) is 107 Å². The Bertz CT molecular complexity index is 446. The summed E-state index contributed by atoms with van der Waals surface area (Å²) in [6, 6.07) is -0.291. The van der Waals surface area contributed by atoms with Gasteiger partial charge in [0, 0.05) is 31.4 Å². The first kappa shape index (κ1) is 14.4. The van der Waals surface area contributed by atoms with Crippen molar-refractivity contribution < 1.29 is 14.7 Å². The number of aromatic nitrogens is 2. The molecule has 0 saturated heterocycles. The number of carbonyl (C=O) groups is 2. The number of amides is 2. The van der Waals surface area contributed by atoms with E-state index < -0.39 is 5.97 Å². The third-order valence-electron chi connectivity index (χ3n) is 3.56. The molecule has 0 bridgehead atoms. The normalized spacial score (nSPS) is 22.2. The number of aliphatic carboxylic acids is 1. The molecule has 2 rings (SSSR count). The molecule has 1 aromatic heterocycles. The number of H-pyrrole nitrogens is 1. The number of carboxylic acid groups (broad SMARTS) is 1. The second kappa shape index (κ2) is 6.93. The molecule has 1 aliphatic carbocycles. The molecule has 7 heteroatoms. The van der Waals surface area contributed by atoms with Crippen LogP contribution in [-0.2, 0) is 11.2 Å². The van der Waals surface area contributed by atoms with Gasteiger partial charge >= 0.3 is 12.0 Å². The molecule has 2 unspecified atom stereocenters. The third kappa shape index (κ3) is 4.25. The number of hydrogen-bond acceptors (Lipinski definition) is 3. The number of rotatable bonds is 5. The van der Waals surface area contributed by atoms with Crippen molar-refractivity contribution in [3.63, 3.8) is 0 Å². The molecule has 0 spiro atoms. The van der Waals surface area contributed by atoms with Crippen molar-refractivity contribution in [1.82, 2.24) is 20.6 Å². The number of hydrogen-bond donors (Lipinski definition) is 4. The van der Waals surface area contributed by atoms with E-state index in [1.165, 1.54) is 0 Å². The second-order valence-corrected chi connectivity index (χ2v) is 5.08. The predicted molar refractivity (Wildman–Crippen MR) is 72.2 cm³/mol. The van der Waals surface area contributed by atoms with E-state index in [1.54, 1.807) is 12.4 Å². The fourth-order valence-corrected chi connectivity index (χ4v) is 2.51. The van der Waals surface area contributed by atoms with E-state index in [2.05, 4.69) is 20.6 Å². The molecule has 4 N–H and O–H groups in total. The molecule has 20 heavy (non-hydrogen) atoms. The van der Waals surface area contributed by atoms with Gasteiger partial charge in [0.2, 0.25) is 0 Å². The molecule has 0 aliphatic heterocycles. The van der Waals surface area contributed by atoms with Gasteiger partial charge in [0.05, 0.1) is 5.92 Å². The zero-order valence-electron chi connectivity index (χ0n) is 11.3. The maximum Gasteiger partial charge on any atom is 0.315 e. The summed E-state index contributed by atoms with van der Waals surface area (Å²) in [5.41, 5.74) is 0. The minimum Gasteiger partial charge on any atom is -0.481 e. The Labute approximate surface area is 117 Å². The van der Waals surface area contributed by atoms with Crippen LogP contribution in [0.25, 0.3) is 0 Å². The Morgan fingerprint density at radius 3 is 3.00 bits per heavy atom. The SMILES string of the molecule is O=C(NCCc1ncc[nH]1)NC1CCCC(C(=O)O)C1. The van der Waals surface area contributed by atoms with E-state index in [0.717, 1.165) is 18.7 Å². The molecule has 1 heterocycles. The Hall–Kier alpha value is -2.05. The van der Waals surface area contributed by atoms with Crippen LogP contribution in [0.15, 0.2) is 12.4 Å². The van der Waals surface area contributed by atoms with Crippen LogP contribution in [0.5, 0.6) is 0 Å². The molecule has 1 aromatic rings. The summed E-state index contributed by atoms with van der Waals surface area (Å²) in [5.74, 6) is -0.277. The van der Waals surface area contributed by atoms with Gasteiger partial charge in [0.25, 0.3) is 0 Å². The van der Waals surface area contributed by atoms with Crippen molar-refractivity contribution in [2.75, 3.05) is 6.54 Å². The highest BCUT2D eigenvalue weighted by Crippen LogP contribution is 2.24. The zero-order chi connectivity index (χ0) is 14.4. The summed E-state index contributed by atoms with van der Waals surface area (Å²) in [4.78, 5) is 29.7. The first-order valence-electron chi connectivity index (χ1n) is 6.90. The number of urea groups is 1. The van der Waals surface area contributed by atoms with Crippen LogP contribution in [0, 0.1) is 5.92 Å². The molecule has 1 aliphatic rings. The van der Waals surface area contributed by atoms with Gasteiger partial charge in [0.15, 0.2) is 0 Å². The number of carboxylic acids is 1. The predicted octanol–water partition coefficient (Wildman–Crippen LogP) is 0.895.